The molecule has 0 radical (unpaired) electrons. The maximum atomic E-state index is 14.5. The van der Waals surface area contributed by atoms with E-state index in [-0.39, 0.29) is 5.82 Å². The highest BCUT2D eigenvalue weighted by Gasteiger charge is 2.22. The molecule has 0 saturated carbocycles. The molecule has 0 amide bonds. The minimum absolute atomic E-state index is 0.227. The molecule has 0 spiro atoms. The second kappa shape index (κ2) is 5.53. The van der Waals surface area contributed by atoms with Crippen molar-refractivity contribution in [2.45, 2.75) is 0 Å². The number of nitrogens with zero attached hydrogens (tertiary/aromatic N) is 3. The normalized spacial score (nSPS) is 11.8. The minimum Gasteiger partial charge on any atom is -0.427 e. The summed E-state index contributed by atoms with van der Waals surface area (Å²) in [6.07, 6.45) is 5.95. The van der Waals surface area contributed by atoms with Gasteiger partial charge in [0.15, 0.2) is 12.8 Å². The first kappa shape index (κ1) is 15.2. The van der Waals surface area contributed by atoms with Gasteiger partial charge in [-0.3, -0.25) is 0 Å². The van der Waals surface area contributed by atoms with E-state index in [4.69, 9.17) is 8.83 Å². The molecule has 0 aliphatic carbocycles. The Morgan fingerprint density at radius 1 is 0.679 bits per heavy atom. The zero-order valence-electron chi connectivity index (χ0n) is 14.5. The molecule has 6 aromatic rings. The predicted molar refractivity (Wildman–Crippen MR) is 105 cm³/mol. The van der Waals surface area contributed by atoms with E-state index in [2.05, 4.69) is 9.97 Å². The smallest absolute Gasteiger partial charge is 0.227 e. The lowest BCUT2D eigenvalue weighted by Gasteiger charge is -2.22. The average Bonchev–Trinajstić information content (AvgIpc) is 3.43. The predicted octanol–water partition coefficient (Wildman–Crippen LogP) is 6.17. The van der Waals surface area contributed by atoms with Crippen LogP contribution in [-0.2, 0) is 0 Å². The van der Waals surface area contributed by atoms with Gasteiger partial charge in [-0.1, -0.05) is 36.4 Å². The molecule has 6 rings (SSSR count). The Morgan fingerprint density at radius 2 is 1.25 bits per heavy atom. The van der Waals surface area contributed by atoms with Crippen LogP contribution in [0.4, 0.5) is 21.8 Å². The molecule has 6 heteroatoms. The second-order valence-corrected chi connectivity index (χ2v) is 6.57. The number of anilines is 3. The Balaban J connectivity index is 1.75. The second-order valence-electron chi connectivity index (χ2n) is 6.57. The summed E-state index contributed by atoms with van der Waals surface area (Å²) in [5.74, 6) is 0.769. The van der Waals surface area contributed by atoms with Crippen LogP contribution in [0.1, 0.15) is 0 Å². The van der Waals surface area contributed by atoms with Gasteiger partial charge in [0.1, 0.15) is 5.82 Å². The maximum absolute atomic E-state index is 14.5. The number of hydrogen-bond donors (Lipinski definition) is 0. The van der Waals surface area contributed by atoms with E-state index in [1.165, 1.54) is 18.9 Å². The zero-order chi connectivity index (χ0) is 18.7. The van der Waals surface area contributed by atoms with Crippen LogP contribution in [0, 0.1) is 5.82 Å². The summed E-state index contributed by atoms with van der Waals surface area (Å²) in [5.41, 5.74) is 0.833. The molecular weight excluding hydrogens is 357 g/mol. The lowest BCUT2D eigenvalue weighted by molar-refractivity contribution is 0.532. The van der Waals surface area contributed by atoms with Gasteiger partial charge in [0, 0.05) is 16.2 Å². The van der Waals surface area contributed by atoms with E-state index in [1.54, 1.807) is 12.4 Å². The summed E-state index contributed by atoms with van der Waals surface area (Å²) >= 11 is 0. The third-order valence-corrected chi connectivity index (χ3v) is 5.11. The molecule has 0 fully saturated rings. The van der Waals surface area contributed by atoms with Gasteiger partial charge < -0.3 is 8.83 Å². The molecule has 4 aromatic carbocycles. The standard InChI is InChI=1S/C22H12FN3O2/c23-17-7-3-13-2-6-16-18(8-4-14-1-5-15(17)21(13)22(14)16)26(19-9-24-11-27-19)20-10-25-12-28-20/h1-12H. The molecule has 0 N–H and O–H groups in total. The van der Waals surface area contributed by atoms with Crippen LogP contribution in [0.15, 0.2) is 82.5 Å². The van der Waals surface area contributed by atoms with E-state index < -0.39 is 0 Å². The van der Waals surface area contributed by atoms with Crippen molar-refractivity contribution in [3.05, 3.63) is 79.5 Å². The molecule has 0 atom stereocenters. The Kier molecular flexibility index (Phi) is 3.00. The molecule has 2 aromatic heterocycles. The zero-order valence-corrected chi connectivity index (χ0v) is 14.5. The minimum atomic E-state index is -0.227. The number of rotatable bonds is 3. The topological polar surface area (TPSA) is 55.3 Å². The van der Waals surface area contributed by atoms with Gasteiger partial charge >= 0.3 is 0 Å². The van der Waals surface area contributed by atoms with E-state index in [1.807, 2.05) is 47.4 Å². The van der Waals surface area contributed by atoms with Crippen LogP contribution < -0.4 is 4.90 Å². The van der Waals surface area contributed by atoms with Crippen molar-refractivity contribution in [1.29, 1.82) is 0 Å². The van der Waals surface area contributed by atoms with Gasteiger partial charge in [-0.15, -0.1) is 0 Å². The van der Waals surface area contributed by atoms with Crippen molar-refractivity contribution < 1.29 is 13.2 Å². The number of hydrogen-bond acceptors (Lipinski definition) is 5. The first-order valence-electron chi connectivity index (χ1n) is 8.74. The monoisotopic (exact) mass is 369 g/mol. The van der Waals surface area contributed by atoms with Crippen molar-refractivity contribution in [3.63, 3.8) is 0 Å². The maximum Gasteiger partial charge on any atom is 0.227 e. The first-order chi connectivity index (χ1) is 13.8. The van der Waals surface area contributed by atoms with Gasteiger partial charge in [-0.05, 0) is 28.3 Å². The Morgan fingerprint density at radius 3 is 1.89 bits per heavy atom. The highest BCUT2D eigenvalue weighted by Crippen LogP contribution is 2.43. The number of halogens is 1. The molecular formula is C22H12FN3O2. The summed E-state index contributed by atoms with van der Waals surface area (Å²) in [6.45, 7) is 0. The summed E-state index contributed by atoms with van der Waals surface area (Å²) in [5, 5.41) is 5.51. The SMILES string of the molecule is Fc1ccc2ccc3c(N(c4cnco4)c4cnco4)ccc4ccc1c2c43. The van der Waals surface area contributed by atoms with E-state index >= 15 is 0 Å². The highest BCUT2D eigenvalue weighted by atomic mass is 19.1. The molecule has 0 aliphatic heterocycles. The van der Waals surface area contributed by atoms with Crippen molar-refractivity contribution in [2.24, 2.45) is 0 Å². The Labute approximate surface area is 158 Å². The summed E-state index contributed by atoms with van der Waals surface area (Å²) in [4.78, 5) is 9.87. The van der Waals surface area contributed by atoms with Crippen molar-refractivity contribution >= 4 is 49.8 Å². The molecule has 5 nitrogen and oxygen atoms in total. The van der Waals surface area contributed by atoms with E-state index in [0.717, 1.165) is 32.6 Å². The molecule has 0 bridgehead atoms. The van der Waals surface area contributed by atoms with Gasteiger partial charge in [-0.25, -0.2) is 19.3 Å². The van der Waals surface area contributed by atoms with Crippen molar-refractivity contribution in [3.8, 4) is 0 Å². The molecule has 0 aliphatic rings. The Hall–Kier alpha value is -3.93. The number of oxazole rings is 2. The third kappa shape index (κ3) is 2.00. The molecule has 28 heavy (non-hydrogen) atoms. The number of benzene rings is 4. The molecule has 2 heterocycles. The third-order valence-electron chi connectivity index (χ3n) is 5.11. The fraction of sp³-hybridized carbons (Fsp3) is 0. The van der Waals surface area contributed by atoms with Crippen LogP contribution in [0.3, 0.4) is 0 Å². The van der Waals surface area contributed by atoms with E-state index in [9.17, 15) is 4.39 Å². The molecule has 134 valence electrons. The fourth-order valence-corrected chi connectivity index (χ4v) is 3.93. The number of aromatic nitrogens is 2. The summed E-state index contributed by atoms with van der Waals surface area (Å²) < 4.78 is 25.6. The van der Waals surface area contributed by atoms with E-state index in [0.29, 0.717) is 17.2 Å². The molecule has 0 unspecified atom stereocenters. The fourth-order valence-electron chi connectivity index (χ4n) is 3.93. The lowest BCUT2D eigenvalue weighted by Crippen LogP contribution is -2.09. The van der Waals surface area contributed by atoms with Gasteiger partial charge in [0.25, 0.3) is 0 Å². The van der Waals surface area contributed by atoms with Crippen LogP contribution in [0.2, 0.25) is 0 Å². The first-order valence-corrected chi connectivity index (χ1v) is 8.74. The highest BCUT2D eigenvalue weighted by molar-refractivity contribution is 6.25. The molecule has 0 saturated heterocycles. The van der Waals surface area contributed by atoms with Crippen LogP contribution >= 0.6 is 0 Å². The van der Waals surface area contributed by atoms with Crippen LogP contribution in [-0.4, -0.2) is 9.97 Å². The average molecular weight is 369 g/mol. The quantitative estimate of drug-likeness (QED) is 0.349. The van der Waals surface area contributed by atoms with Gasteiger partial charge in [0.2, 0.25) is 11.8 Å². The largest absolute Gasteiger partial charge is 0.427 e. The summed E-state index contributed by atoms with van der Waals surface area (Å²) in [7, 11) is 0. The van der Waals surface area contributed by atoms with Gasteiger partial charge in [-0.2, -0.15) is 0 Å². The Bertz CT molecular complexity index is 1390. The van der Waals surface area contributed by atoms with Gasteiger partial charge in [0.05, 0.1) is 18.1 Å². The van der Waals surface area contributed by atoms with Crippen LogP contribution in [0.5, 0.6) is 0 Å². The van der Waals surface area contributed by atoms with Crippen molar-refractivity contribution in [1.82, 2.24) is 9.97 Å². The van der Waals surface area contributed by atoms with Crippen molar-refractivity contribution in [2.75, 3.05) is 4.90 Å². The van der Waals surface area contributed by atoms with Crippen LogP contribution in [0.25, 0.3) is 32.3 Å². The summed E-state index contributed by atoms with van der Waals surface area (Å²) in [6, 6.07) is 15.2. The lowest BCUT2D eigenvalue weighted by atomic mass is 9.93.